The molecule has 1 aromatic rings. The Morgan fingerprint density at radius 2 is 1.75 bits per heavy atom. The number of hydrogen-bond donors (Lipinski definition) is 1. The van der Waals surface area contributed by atoms with E-state index in [-0.39, 0.29) is 16.8 Å². The summed E-state index contributed by atoms with van der Waals surface area (Å²) in [5.74, 6) is 0. The molecular weight excluding hydrogens is 163 g/mol. The summed E-state index contributed by atoms with van der Waals surface area (Å²) in [4.78, 5) is 0.985. The van der Waals surface area contributed by atoms with E-state index in [2.05, 4.69) is 18.7 Å². The SMILES string of the molecule is Sc1cc[c-]cc1.[Co]. The minimum atomic E-state index is 0. The van der Waals surface area contributed by atoms with Crippen LogP contribution in [-0.4, -0.2) is 0 Å². The van der Waals surface area contributed by atoms with Crippen molar-refractivity contribution in [2.45, 2.75) is 4.90 Å². The summed E-state index contributed by atoms with van der Waals surface area (Å²) in [5, 5.41) is 0. The topological polar surface area (TPSA) is 0 Å². The normalized spacial score (nSPS) is 7.62. The Morgan fingerprint density at radius 1 is 1.25 bits per heavy atom. The van der Waals surface area contributed by atoms with E-state index in [4.69, 9.17) is 0 Å². The first-order chi connectivity index (χ1) is 3.39. The quantitative estimate of drug-likeness (QED) is 0.443. The van der Waals surface area contributed by atoms with E-state index in [1.165, 1.54) is 0 Å². The minimum absolute atomic E-state index is 0. The van der Waals surface area contributed by atoms with Gasteiger partial charge in [-0.1, -0.05) is 0 Å². The summed E-state index contributed by atoms with van der Waals surface area (Å²) in [5.41, 5.74) is 0. The van der Waals surface area contributed by atoms with Gasteiger partial charge in [0.05, 0.1) is 0 Å². The van der Waals surface area contributed by atoms with Gasteiger partial charge >= 0.3 is 0 Å². The van der Waals surface area contributed by atoms with Crippen molar-refractivity contribution in [3.8, 4) is 0 Å². The number of thiol groups is 1. The van der Waals surface area contributed by atoms with Crippen LogP contribution in [0.5, 0.6) is 0 Å². The fraction of sp³-hybridized carbons (Fsp3) is 0. The number of benzene rings is 1. The van der Waals surface area contributed by atoms with Crippen molar-refractivity contribution >= 4 is 12.6 Å². The molecule has 0 saturated heterocycles. The summed E-state index contributed by atoms with van der Waals surface area (Å²) in [6.45, 7) is 0. The van der Waals surface area contributed by atoms with Crippen LogP contribution in [0, 0.1) is 6.07 Å². The monoisotopic (exact) mass is 168 g/mol. The summed E-state index contributed by atoms with van der Waals surface area (Å²) in [7, 11) is 0. The van der Waals surface area contributed by atoms with Gasteiger partial charge in [-0.05, 0) is 0 Å². The molecule has 0 fully saturated rings. The molecule has 0 nitrogen and oxygen atoms in total. The van der Waals surface area contributed by atoms with Gasteiger partial charge < -0.3 is 0 Å². The predicted molar refractivity (Wildman–Crippen MR) is 32.5 cm³/mol. The molecule has 0 atom stereocenters. The van der Waals surface area contributed by atoms with E-state index >= 15 is 0 Å². The van der Waals surface area contributed by atoms with Crippen LogP contribution >= 0.6 is 12.6 Å². The molecule has 1 rings (SSSR count). The van der Waals surface area contributed by atoms with Gasteiger partial charge in [0.1, 0.15) is 0 Å². The first-order valence-electron chi connectivity index (χ1n) is 2.04. The number of hydrogen-bond acceptors (Lipinski definition) is 1. The van der Waals surface area contributed by atoms with Gasteiger partial charge in [0, 0.05) is 16.8 Å². The van der Waals surface area contributed by atoms with E-state index in [1.807, 2.05) is 24.3 Å². The van der Waals surface area contributed by atoms with E-state index in [0.717, 1.165) is 4.90 Å². The third-order valence-electron chi connectivity index (χ3n) is 0.701. The van der Waals surface area contributed by atoms with Gasteiger partial charge in [0.15, 0.2) is 0 Å². The van der Waals surface area contributed by atoms with Crippen molar-refractivity contribution < 1.29 is 16.8 Å². The minimum Gasteiger partial charge on any atom is -0.184 e. The van der Waals surface area contributed by atoms with Crippen molar-refractivity contribution in [1.29, 1.82) is 0 Å². The molecule has 1 radical (unpaired) electrons. The Balaban J connectivity index is 0.000000490. The standard InChI is InChI=1S/C6H5S.Co/c7-6-4-2-1-3-5-6;/h2-5,7H;/q-1;. The third kappa shape index (κ3) is 2.40. The van der Waals surface area contributed by atoms with Crippen molar-refractivity contribution in [2.75, 3.05) is 0 Å². The molecule has 8 heavy (non-hydrogen) atoms. The maximum absolute atomic E-state index is 4.06. The Bertz CT molecular complexity index is 138. The molecule has 45 valence electrons. The molecule has 0 amide bonds. The molecule has 0 unspecified atom stereocenters. The van der Waals surface area contributed by atoms with Gasteiger partial charge in [-0.2, -0.15) is 43.0 Å². The second-order valence-electron chi connectivity index (χ2n) is 1.26. The summed E-state index contributed by atoms with van der Waals surface area (Å²) in [6, 6.07) is 10.3. The van der Waals surface area contributed by atoms with Crippen LogP contribution in [0.15, 0.2) is 29.2 Å². The first kappa shape index (κ1) is 8.08. The molecule has 0 aromatic heterocycles. The van der Waals surface area contributed by atoms with Crippen molar-refractivity contribution in [1.82, 2.24) is 0 Å². The molecule has 0 N–H and O–H groups in total. The fourth-order valence-electron chi connectivity index (χ4n) is 0.378. The molecule has 0 aliphatic rings. The molecular formula is C6H5CoS-. The zero-order valence-corrected chi connectivity index (χ0v) is 6.03. The maximum atomic E-state index is 4.06. The maximum Gasteiger partial charge on any atom is 0 e. The summed E-state index contributed by atoms with van der Waals surface area (Å²) < 4.78 is 0. The van der Waals surface area contributed by atoms with E-state index in [1.54, 1.807) is 0 Å². The van der Waals surface area contributed by atoms with Gasteiger partial charge in [-0.25, -0.2) is 0 Å². The third-order valence-corrected chi connectivity index (χ3v) is 0.999. The van der Waals surface area contributed by atoms with E-state index in [9.17, 15) is 0 Å². The average molecular weight is 168 g/mol. The van der Waals surface area contributed by atoms with Gasteiger partial charge in [0.2, 0.25) is 0 Å². The first-order valence-corrected chi connectivity index (χ1v) is 2.49. The van der Waals surface area contributed by atoms with Crippen LogP contribution in [0.25, 0.3) is 0 Å². The van der Waals surface area contributed by atoms with E-state index < -0.39 is 0 Å². The molecule has 0 spiro atoms. The second-order valence-corrected chi connectivity index (χ2v) is 1.77. The zero-order chi connectivity index (χ0) is 5.11. The predicted octanol–water partition coefficient (Wildman–Crippen LogP) is 1.77. The van der Waals surface area contributed by atoms with Crippen molar-refractivity contribution in [3.63, 3.8) is 0 Å². The van der Waals surface area contributed by atoms with Crippen LogP contribution in [0.1, 0.15) is 0 Å². The second kappa shape index (κ2) is 4.01. The fourth-order valence-corrected chi connectivity index (χ4v) is 0.527. The molecule has 2 heteroatoms. The molecule has 1 aromatic carbocycles. The van der Waals surface area contributed by atoms with Crippen LogP contribution in [-0.2, 0) is 16.8 Å². The van der Waals surface area contributed by atoms with Crippen LogP contribution in [0.4, 0.5) is 0 Å². The van der Waals surface area contributed by atoms with Crippen LogP contribution < -0.4 is 0 Å². The summed E-state index contributed by atoms with van der Waals surface area (Å²) in [6.07, 6.45) is 0. The smallest absolute Gasteiger partial charge is 0 e. The molecule has 0 aliphatic carbocycles. The summed E-state index contributed by atoms with van der Waals surface area (Å²) >= 11 is 4.06. The largest absolute Gasteiger partial charge is 0.184 e. The van der Waals surface area contributed by atoms with Crippen LogP contribution in [0.3, 0.4) is 0 Å². The molecule has 0 aliphatic heterocycles. The van der Waals surface area contributed by atoms with Gasteiger partial charge in [-0.15, -0.1) is 4.90 Å². The Kier molecular flexibility index (Phi) is 4.04. The number of rotatable bonds is 0. The molecule has 0 heterocycles. The van der Waals surface area contributed by atoms with Crippen molar-refractivity contribution in [3.05, 3.63) is 30.3 Å². The van der Waals surface area contributed by atoms with E-state index in [0.29, 0.717) is 0 Å². The van der Waals surface area contributed by atoms with Gasteiger partial charge in [0.25, 0.3) is 0 Å². The zero-order valence-electron chi connectivity index (χ0n) is 4.09. The van der Waals surface area contributed by atoms with Crippen LogP contribution in [0.2, 0.25) is 0 Å². The Hall–Kier alpha value is 0.0765. The molecule has 0 bridgehead atoms. The van der Waals surface area contributed by atoms with Crippen molar-refractivity contribution in [2.24, 2.45) is 0 Å². The average Bonchev–Trinajstić information content (AvgIpc) is 1.69. The molecule has 0 saturated carbocycles. The van der Waals surface area contributed by atoms with Gasteiger partial charge in [-0.3, -0.25) is 0 Å². The Morgan fingerprint density at radius 3 is 2.00 bits per heavy atom. The Labute approximate surface area is 64.9 Å².